The van der Waals surface area contributed by atoms with Crippen molar-refractivity contribution in [2.75, 3.05) is 0 Å². The highest BCUT2D eigenvalue weighted by atomic mass is 35.5. The van der Waals surface area contributed by atoms with E-state index in [1.807, 2.05) is 6.08 Å². The summed E-state index contributed by atoms with van der Waals surface area (Å²) in [6.07, 6.45) is 3.63. The zero-order valence-electron chi connectivity index (χ0n) is 5.02. The van der Waals surface area contributed by atoms with Crippen molar-refractivity contribution >= 4 is 11.6 Å². The lowest BCUT2D eigenvalue weighted by Gasteiger charge is -2.09. The van der Waals surface area contributed by atoms with Gasteiger partial charge in [-0.25, -0.2) is 0 Å². The Bertz CT molecular complexity index is 181. The highest BCUT2D eigenvalue weighted by Gasteiger charge is 2.06. The zero-order valence-corrected chi connectivity index (χ0v) is 5.78. The van der Waals surface area contributed by atoms with Crippen LogP contribution in [0.2, 0.25) is 0 Å². The van der Waals surface area contributed by atoms with E-state index < -0.39 is 0 Å². The number of hydrogen-bond donors (Lipinski definition) is 2. The molecule has 0 atom stereocenters. The summed E-state index contributed by atoms with van der Waals surface area (Å²) in [5.74, 6) is 0. The Balaban J connectivity index is 2.88. The van der Waals surface area contributed by atoms with E-state index in [-0.39, 0.29) is 0 Å². The van der Waals surface area contributed by atoms with Crippen LogP contribution in [0.4, 0.5) is 0 Å². The fourth-order valence-electron chi connectivity index (χ4n) is 0.756. The zero-order chi connectivity index (χ0) is 6.85. The smallest absolute Gasteiger partial charge is 0.0691 e. The minimum atomic E-state index is 0.544. The first kappa shape index (κ1) is 6.49. The topological polar surface area (TPSA) is 52.0 Å². The Kier molecular flexibility index (Phi) is 1.67. The first-order valence-electron chi connectivity index (χ1n) is 2.82. The molecule has 0 bridgehead atoms. The van der Waals surface area contributed by atoms with Crippen LogP contribution in [0.3, 0.4) is 0 Å². The van der Waals surface area contributed by atoms with Crippen LogP contribution in [0.25, 0.3) is 0 Å². The van der Waals surface area contributed by atoms with Crippen LogP contribution in [0, 0.1) is 0 Å². The van der Waals surface area contributed by atoms with Crippen LogP contribution in [0.5, 0.6) is 0 Å². The minimum absolute atomic E-state index is 0.544. The second-order valence-corrected chi connectivity index (χ2v) is 2.47. The van der Waals surface area contributed by atoms with E-state index in [2.05, 4.69) is 0 Å². The van der Waals surface area contributed by atoms with Gasteiger partial charge in [0.1, 0.15) is 0 Å². The summed E-state index contributed by atoms with van der Waals surface area (Å²) in [4.78, 5) is 0. The van der Waals surface area contributed by atoms with Gasteiger partial charge >= 0.3 is 0 Å². The molecular formula is C6H9ClN2. The SMILES string of the molecule is NC1=CCCC(Cl)=C1N. The average molecular weight is 145 g/mol. The van der Waals surface area contributed by atoms with E-state index in [1.54, 1.807) is 0 Å². The fraction of sp³-hybridized carbons (Fsp3) is 0.333. The summed E-state index contributed by atoms with van der Waals surface area (Å²) >= 11 is 5.70. The van der Waals surface area contributed by atoms with E-state index in [4.69, 9.17) is 23.1 Å². The molecule has 2 nitrogen and oxygen atoms in total. The maximum absolute atomic E-state index is 5.70. The molecule has 0 aliphatic heterocycles. The van der Waals surface area contributed by atoms with E-state index in [9.17, 15) is 0 Å². The summed E-state index contributed by atoms with van der Waals surface area (Å²) in [6.45, 7) is 0. The lowest BCUT2D eigenvalue weighted by atomic mass is 10.1. The number of rotatable bonds is 0. The van der Waals surface area contributed by atoms with Crippen molar-refractivity contribution in [3.63, 3.8) is 0 Å². The van der Waals surface area contributed by atoms with E-state index in [0.29, 0.717) is 16.4 Å². The monoisotopic (exact) mass is 144 g/mol. The predicted octanol–water partition coefficient (Wildman–Crippen LogP) is 1.03. The second kappa shape index (κ2) is 2.31. The molecule has 1 aliphatic rings. The van der Waals surface area contributed by atoms with Crippen molar-refractivity contribution in [3.05, 3.63) is 22.5 Å². The number of allylic oxidation sites excluding steroid dienone is 2. The predicted molar refractivity (Wildman–Crippen MR) is 38.6 cm³/mol. The molecule has 3 heteroatoms. The summed E-state index contributed by atoms with van der Waals surface area (Å²) in [7, 11) is 0. The molecule has 0 heterocycles. The molecule has 0 fully saturated rings. The highest BCUT2D eigenvalue weighted by Crippen LogP contribution is 2.21. The Morgan fingerprint density at radius 3 is 2.56 bits per heavy atom. The van der Waals surface area contributed by atoms with Gasteiger partial charge in [0.05, 0.1) is 11.4 Å². The third-order valence-electron chi connectivity index (χ3n) is 1.33. The van der Waals surface area contributed by atoms with E-state index >= 15 is 0 Å². The van der Waals surface area contributed by atoms with Crippen molar-refractivity contribution in [1.82, 2.24) is 0 Å². The van der Waals surface area contributed by atoms with E-state index in [0.717, 1.165) is 12.8 Å². The lowest BCUT2D eigenvalue weighted by molar-refractivity contribution is 0.955. The van der Waals surface area contributed by atoms with Gasteiger partial charge in [0.25, 0.3) is 0 Å². The lowest BCUT2D eigenvalue weighted by Crippen LogP contribution is -2.13. The standard InChI is InChI=1S/C6H9ClN2/c7-4-2-1-3-5(8)6(4)9/h3H,1-2,8-9H2. The Morgan fingerprint density at radius 2 is 2.11 bits per heavy atom. The van der Waals surface area contributed by atoms with Crippen LogP contribution in [0.15, 0.2) is 22.5 Å². The molecule has 0 aromatic rings. The molecule has 0 amide bonds. The largest absolute Gasteiger partial charge is 0.397 e. The summed E-state index contributed by atoms with van der Waals surface area (Å²) in [6, 6.07) is 0. The minimum Gasteiger partial charge on any atom is -0.397 e. The summed E-state index contributed by atoms with van der Waals surface area (Å²) in [5.41, 5.74) is 12.1. The Hall–Kier alpha value is -0.630. The molecule has 1 aliphatic carbocycles. The molecule has 4 N–H and O–H groups in total. The number of hydrogen-bond acceptors (Lipinski definition) is 2. The van der Waals surface area contributed by atoms with Crippen molar-refractivity contribution in [2.45, 2.75) is 12.8 Å². The van der Waals surface area contributed by atoms with Crippen LogP contribution >= 0.6 is 11.6 Å². The third kappa shape index (κ3) is 1.19. The second-order valence-electron chi connectivity index (χ2n) is 2.02. The van der Waals surface area contributed by atoms with Gasteiger partial charge < -0.3 is 11.5 Å². The van der Waals surface area contributed by atoms with Crippen LogP contribution < -0.4 is 11.5 Å². The van der Waals surface area contributed by atoms with Crippen molar-refractivity contribution in [1.29, 1.82) is 0 Å². The van der Waals surface area contributed by atoms with Crippen molar-refractivity contribution in [3.8, 4) is 0 Å². The van der Waals surface area contributed by atoms with Gasteiger partial charge in [-0.3, -0.25) is 0 Å². The first-order chi connectivity index (χ1) is 4.22. The van der Waals surface area contributed by atoms with Gasteiger partial charge in [0.15, 0.2) is 0 Å². The number of nitrogens with two attached hydrogens (primary N) is 2. The maximum Gasteiger partial charge on any atom is 0.0691 e. The molecular weight excluding hydrogens is 136 g/mol. The summed E-state index contributed by atoms with van der Waals surface area (Å²) < 4.78 is 0. The maximum atomic E-state index is 5.70. The molecule has 50 valence electrons. The Labute approximate surface area is 59.2 Å². The van der Waals surface area contributed by atoms with E-state index in [1.165, 1.54) is 0 Å². The molecule has 0 spiro atoms. The summed E-state index contributed by atoms with van der Waals surface area (Å²) in [5, 5.41) is 0.690. The van der Waals surface area contributed by atoms with Crippen molar-refractivity contribution < 1.29 is 0 Å². The van der Waals surface area contributed by atoms with Crippen molar-refractivity contribution in [2.24, 2.45) is 11.5 Å². The fourth-order valence-corrected chi connectivity index (χ4v) is 0.974. The van der Waals surface area contributed by atoms with Gasteiger partial charge in [-0.1, -0.05) is 17.7 Å². The van der Waals surface area contributed by atoms with Crippen LogP contribution in [0.1, 0.15) is 12.8 Å². The normalized spacial score (nSPS) is 19.9. The molecule has 0 saturated carbocycles. The van der Waals surface area contributed by atoms with Gasteiger partial charge in [-0.2, -0.15) is 0 Å². The first-order valence-corrected chi connectivity index (χ1v) is 3.19. The quantitative estimate of drug-likeness (QED) is 0.534. The molecule has 9 heavy (non-hydrogen) atoms. The number of halogens is 1. The molecule has 0 unspecified atom stereocenters. The van der Waals surface area contributed by atoms with Gasteiger partial charge in [0, 0.05) is 5.03 Å². The molecule has 0 radical (unpaired) electrons. The Morgan fingerprint density at radius 1 is 1.44 bits per heavy atom. The molecule has 0 saturated heterocycles. The third-order valence-corrected chi connectivity index (χ3v) is 1.72. The molecule has 0 aromatic heterocycles. The van der Waals surface area contributed by atoms with Gasteiger partial charge in [-0.05, 0) is 12.8 Å². The van der Waals surface area contributed by atoms with Gasteiger partial charge in [-0.15, -0.1) is 0 Å². The molecule has 0 aromatic carbocycles. The highest BCUT2D eigenvalue weighted by molar-refractivity contribution is 6.30. The van der Waals surface area contributed by atoms with Crippen LogP contribution in [-0.2, 0) is 0 Å². The molecule has 1 rings (SSSR count). The average Bonchev–Trinajstić information content (AvgIpc) is 1.83. The van der Waals surface area contributed by atoms with Crippen LogP contribution in [-0.4, -0.2) is 0 Å². The van der Waals surface area contributed by atoms with Gasteiger partial charge in [0.2, 0.25) is 0 Å².